The van der Waals surface area contributed by atoms with E-state index in [1.807, 2.05) is 30.3 Å². The average Bonchev–Trinajstić information content (AvgIpc) is 2.44. The zero-order valence-electron chi connectivity index (χ0n) is 12.5. The molecular weight excluding hydrogens is 293 g/mol. The van der Waals surface area contributed by atoms with Crippen molar-refractivity contribution in [2.24, 2.45) is 11.3 Å². The quantitative estimate of drug-likeness (QED) is 0.770. The molecule has 1 saturated carbocycles. The molecule has 0 aliphatic heterocycles. The van der Waals surface area contributed by atoms with Crippen LogP contribution in [0.15, 0.2) is 30.3 Å². The van der Waals surface area contributed by atoms with Crippen molar-refractivity contribution in [3.05, 3.63) is 35.9 Å². The van der Waals surface area contributed by atoms with Gasteiger partial charge in [-0.15, -0.1) is 0 Å². The maximum atomic E-state index is 13.3. The highest BCUT2D eigenvalue weighted by molar-refractivity contribution is 6.07. The van der Waals surface area contributed by atoms with Gasteiger partial charge < -0.3 is 0 Å². The number of carbonyl (C=O) groups is 2. The number of ketones is 2. The van der Waals surface area contributed by atoms with Gasteiger partial charge in [0.05, 0.1) is 0 Å². The lowest BCUT2D eigenvalue weighted by atomic mass is 9.72. The fraction of sp³-hybridized carbons (Fsp3) is 0.529. The molecule has 0 spiro atoms. The first-order valence-electron chi connectivity index (χ1n) is 7.42. The van der Waals surface area contributed by atoms with Gasteiger partial charge in [0.2, 0.25) is 0 Å². The first kappa shape index (κ1) is 16.7. The summed E-state index contributed by atoms with van der Waals surface area (Å²) < 4.78 is 39.8. The number of carbonyl (C=O) groups excluding carboxylic acids is 2. The van der Waals surface area contributed by atoms with E-state index in [1.165, 1.54) is 0 Å². The van der Waals surface area contributed by atoms with Crippen LogP contribution in [0.3, 0.4) is 0 Å². The third-order valence-corrected chi connectivity index (χ3v) is 4.54. The summed E-state index contributed by atoms with van der Waals surface area (Å²) in [4.78, 5) is 24.1. The second-order valence-electron chi connectivity index (χ2n) is 6.12. The minimum absolute atomic E-state index is 0.148. The standard InChI is InChI=1S/C17H19F3O2/c1-16(17(18,19)20)14(21)9-5-8-13(11-15(16)22)10-12-6-3-2-4-7-12/h2-4,6-7,13H,5,8-11H2,1H3. The fourth-order valence-corrected chi connectivity index (χ4v) is 2.96. The van der Waals surface area contributed by atoms with E-state index in [4.69, 9.17) is 0 Å². The van der Waals surface area contributed by atoms with Crippen LogP contribution >= 0.6 is 0 Å². The van der Waals surface area contributed by atoms with Crippen LogP contribution in [0.4, 0.5) is 13.2 Å². The van der Waals surface area contributed by atoms with E-state index in [-0.39, 0.29) is 18.8 Å². The van der Waals surface area contributed by atoms with Gasteiger partial charge in [-0.1, -0.05) is 30.3 Å². The number of benzene rings is 1. The molecule has 1 aromatic rings. The molecule has 0 bridgehead atoms. The van der Waals surface area contributed by atoms with E-state index in [2.05, 4.69) is 0 Å². The molecule has 0 amide bonds. The van der Waals surface area contributed by atoms with E-state index in [0.29, 0.717) is 19.3 Å². The van der Waals surface area contributed by atoms with Gasteiger partial charge in [-0.05, 0) is 37.7 Å². The Hall–Kier alpha value is -1.65. The predicted octanol–water partition coefficient (Wildman–Crippen LogP) is 4.13. The molecule has 0 radical (unpaired) electrons. The summed E-state index contributed by atoms with van der Waals surface area (Å²) in [6, 6.07) is 9.40. The van der Waals surface area contributed by atoms with Gasteiger partial charge in [0.25, 0.3) is 0 Å². The Balaban J connectivity index is 2.20. The highest BCUT2D eigenvalue weighted by Crippen LogP contribution is 2.44. The molecule has 1 fully saturated rings. The zero-order chi connectivity index (χ0) is 16.4. The van der Waals surface area contributed by atoms with Crippen molar-refractivity contribution >= 4 is 11.6 Å². The molecule has 22 heavy (non-hydrogen) atoms. The summed E-state index contributed by atoms with van der Waals surface area (Å²) >= 11 is 0. The van der Waals surface area contributed by atoms with Crippen LogP contribution in [0.25, 0.3) is 0 Å². The molecule has 1 aromatic carbocycles. The first-order chi connectivity index (χ1) is 10.2. The largest absolute Gasteiger partial charge is 0.407 e. The van der Waals surface area contributed by atoms with Gasteiger partial charge in [0.1, 0.15) is 0 Å². The summed E-state index contributed by atoms with van der Waals surface area (Å²) in [7, 11) is 0. The van der Waals surface area contributed by atoms with E-state index in [1.54, 1.807) is 0 Å². The lowest BCUT2D eigenvalue weighted by Crippen LogP contribution is -2.50. The third-order valence-electron chi connectivity index (χ3n) is 4.54. The fourth-order valence-electron chi connectivity index (χ4n) is 2.96. The van der Waals surface area contributed by atoms with Gasteiger partial charge in [0.15, 0.2) is 17.0 Å². The summed E-state index contributed by atoms with van der Waals surface area (Å²) in [6.45, 7) is 0.739. The molecule has 2 nitrogen and oxygen atoms in total. The summed E-state index contributed by atoms with van der Waals surface area (Å²) in [5.41, 5.74) is -1.84. The SMILES string of the molecule is CC1(C(F)(F)F)C(=O)CCCC(Cc2ccccc2)CC1=O. The minimum atomic E-state index is -4.82. The van der Waals surface area contributed by atoms with Crippen molar-refractivity contribution < 1.29 is 22.8 Å². The smallest absolute Gasteiger partial charge is 0.298 e. The number of halogens is 3. The second kappa shape index (κ2) is 6.23. The van der Waals surface area contributed by atoms with Crippen LogP contribution in [0.1, 0.15) is 38.2 Å². The Morgan fingerprint density at radius 2 is 1.77 bits per heavy atom. The van der Waals surface area contributed by atoms with Crippen molar-refractivity contribution in [3.63, 3.8) is 0 Å². The van der Waals surface area contributed by atoms with Crippen LogP contribution in [-0.4, -0.2) is 17.7 Å². The summed E-state index contributed by atoms with van der Waals surface area (Å²) in [5, 5.41) is 0. The lowest BCUT2D eigenvalue weighted by Gasteiger charge is -2.32. The van der Waals surface area contributed by atoms with Gasteiger partial charge >= 0.3 is 6.18 Å². The molecule has 5 heteroatoms. The van der Waals surface area contributed by atoms with Crippen LogP contribution in [0.5, 0.6) is 0 Å². The number of alkyl halides is 3. The Bertz CT molecular complexity index is 551. The van der Waals surface area contributed by atoms with Gasteiger partial charge in [-0.25, -0.2) is 0 Å². The lowest BCUT2D eigenvalue weighted by molar-refractivity contribution is -0.214. The number of rotatable bonds is 2. The molecule has 120 valence electrons. The summed E-state index contributed by atoms with van der Waals surface area (Å²) in [5.74, 6) is -2.14. The average molecular weight is 312 g/mol. The molecular formula is C17H19F3O2. The molecule has 2 unspecified atom stereocenters. The number of Topliss-reactive ketones (excluding diaryl/α,β-unsaturated/α-hetero) is 2. The van der Waals surface area contributed by atoms with Gasteiger partial charge in [0, 0.05) is 12.8 Å². The molecule has 0 heterocycles. The molecule has 1 aliphatic carbocycles. The Morgan fingerprint density at radius 1 is 1.14 bits per heavy atom. The maximum Gasteiger partial charge on any atom is 0.407 e. The highest BCUT2D eigenvalue weighted by Gasteiger charge is 2.61. The van der Waals surface area contributed by atoms with Crippen molar-refractivity contribution in [3.8, 4) is 0 Å². The van der Waals surface area contributed by atoms with E-state index in [9.17, 15) is 22.8 Å². The second-order valence-corrected chi connectivity index (χ2v) is 6.12. The highest BCUT2D eigenvalue weighted by atomic mass is 19.4. The van der Waals surface area contributed by atoms with Crippen LogP contribution < -0.4 is 0 Å². The Morgan fingerprint density at radius 3 is 2.36 bits per heavy atom. The monoisotopic (exact) mass is 312 g/mol. The molecule has 0 saturated heterocycles. The number of hydrogen-bond acceptors (Lipinski definition) is 2. The van der Waals surface area contributed by atoms with Gasteiger partial charge in [-0.2, -0.15) is 13.2 Å². The minimum Gasteiger partial charge on any atom is -0.298 e. The van der Waals surface area contributed by atoms with E-state index < -0.39 is 23.2 Å². The predicted molar refractivity (Wildman–Crippen MR) is 76.3 cm³/mol. The van der Waals surface area contributed by atoms with Crippen molar-refractivity contribution in [1.29, 1.82) is 0 Å². The maximum absolute atomic E-state index is 13.3. The van der Waals surface area contributed by atoms with Crippen LogP contribution in [0, 0.1) is 11.3 Å². The Labute approximate surface area is 127 Å². The van der Waals surface area contributed by atoms with Crippen LogP contribution in [-0.2, 0) is 16.0 Å². The molecule has 1 aliphatic rings. The van der Waals surface area contributed by atoms with Crippen LogP contribution in [0.2, 0.25) is 0 Å². The first-order valence-corrected chi connectivity index (χ1v) is 7.42. The third kappa shape index (κ3) is 3.23. The Kier molecular flexibility index (Phi) is 4.73. The normalized spacial score (nSPS) is 27.4. The van der Waals surface area contributed by atoms with Crippen molar-refractivity contribution in [2.45, 2.75) is 45.2 Å². The molecule has 0 N–H and O–H groups in total. The summed E-state index contributed by atoms with van der Waals surface area (Å²) in [6.07, 6.45) is -3.65. The molecule has 2 rings (SSSR count). The molecule has 2 atom stereocenters. The number of hydrogen-bond donors (Lipinski definition) is 0. The van der Waals surface area contributed by atoms with Gasteiger partial charge in [-0.3, -0.25) is 9.59 Å². The topological polar surface area (TPSA) is 34.1 Å². The van der Waals surface area contributed by atoms with E-state index >= 15 is 0 Å². The van der Waals surface area contributed by atoms with Crippen molar-refractivity contribution in [2.75, 3.05) is 0 Å². The zero-order valence-corrected chi connectivity index (χ0v) is 12.5. The van der Waals surface area contributed by atoms with Crippen molar-refractivity contribution in [1.82, 2.24) is 0 Å². The van der Waals surface area contributed by atoms with E-state index in [0.717, 1.165) is 12.5 Å². The molecule has 0 aromatic heterocycles.